The van der Waals surface area contributed by atoms with E-state index in [0.29, 0.717) is 5.88 Å². The van der Waals surface area contributed by atoms with Gasteiger partial charge in [0.05, 0.1) is 0 Å². The Balaban J connectivity index is 2.14. The predicted molar refractivity (Wildman–Crippen MR) is 54.3 cm³/mol. The summed E-state index contributed by atoms with van der Waals surface area (Å²) < 4.78 is 5.29. The summed E-state index contributed by atoms with van der Waals surface area (Å²) in [7, 11) is 0. The first-order valence-corrected chi connectivity index (χ1v) is 4.65. The summed E-state index contributed by atoms with van der Waals surface area (Å²) in [6.07, 6.45) is 3.77. The Morgan fingerprint density at radius 3 is 2.69 bits per heavy atom. The van der Waals surface area contributed by atoms with E-state index in [1.54, 1.807) is 0 Å². The van der Waals surface area contributed by atoms with Gasteiger partial charge in [-0.3, -0.25) is 0 Å². The first-order valence-electron chi connectivity index (χ1n) is 4.12. The topological polar surface area (TPSA) is 12.5 Å². The van der Waals surface area contributed by atoms with Gasteiger partial charge in [0.1, 0.15) is 0 Å². The van der Waals surface area contributed by atoms with Crippen LogP contribution in [0.1, 0.15) is 5.56 Å². The van der Waals surface area contributed by atoms with Crippen molar-refractivity contribution in [3.05, 3.63) is 53.8 Å². The van der Waals surface area contributed by atoms with Crippen LogP contribution in [0.25, 0.3) is 5.76 Å². The summed E-state index contributed by atoms with van der Waals surface area (Å²) in [5.74, 6) is 2.41. The Bertz CT molecular complexity index is 352. The standard InChI is InChI=1S/C11H9ClO/c12-8-4-7-10-11(13-10)9-5-2-1-3-6-9/h1-7H,8H2. The van der Waals surface area contributed by atoms with Gasteiger partial charge < -0.3 is 4.74 Å². The molecule has 1 aliphatic heterocycles. The first-order chi connectivity index (χ1) is 6.42. The fourth-order valence-electron chi connectivity index (χ4n) is 1.14. The van der Waals surface area contributed by atoms with Crippen LogP contribution in [0.4, 0.5) is 0 Å². The molecule has 1 aromatic rings. The molecule has 0 bridgehead atoms. The lowest BCUT2D eigenvalue weighted by Gasteiger charge is -1.86. The normalized spacial score (nSPS) is 14.8. The molecule has 0 amide bonds. The van der Waals surface area contributed by atoms with Crippen molar-refractivity contribution in [3.63, 3.8) is 0 Å². The molecular weight excluding hydrogens is 184 g/mol. The second-order valence-corrected chi connectivity index (χ2v) is 3.03. The predicted octanol–water partition coefficient (Wildman–Crippen LogP) is 3.18. The Kier molecular flexibility index (Phi) is 2.37. The number of rotatable bonds is 3. The lowest BCUT2D eigenvalue weighted by atomic mass is 10.2. The maximum Gasteiger partial charge on any atom is 0.177 e. The number of halogens is 1. The summed E-state index contributed by atoms with van der Waals surface area (Å²) in [6, 6.07) is 10.0. The van der Waals surface area contributed by atoms with E-state index in [-0.39, 0.29) is 0 Å². The minimum absolute atomic E-state index is 0.523. The molecule has 0 saturated carbocycles. The number of hydrogen-bond donors (Lipinski definition) is 0. The van der Waals surface area contributed by atoms with Crippen molar-refractivity contribution in [2.75, 3.05) is 5.88 Å². The van der Waals surface area contributed by atoms with E-state index < -0.39 is 0 Å². The van der Waals surface area contributed by atoms with Crippen LogP contribution in [0.5, 0.6) is 0 Å². The smallest absolute Gasteiger partial charge is 0.177 e. The van der Waals surface area contributed by atoms with Crippen LogP contribution in [0.3, 0.4) is 0 Å². The fraction of sp³-hybridized carbons (Fsp3) is 0.0909. The molecule has 1 aliphatic rings. The molecule has 0 N–H and O–H groups in total. The summed E-state index contributed by atoms with van der Waals surface area (Å²) >= 11 is 5.50. The van der Waals surface area contributed by atoms with Crippen LogP contribution in [-0.4, -0.2) is 5.88 Å². The highest BCUT2D eigenvalue weighted by atomic mass is 35.5. The molecule has 0 atom stereocenters. The zero-order valence-corrected chi connectivity index (χ0v) is 7.79. The molecule has 0 spiro atoms. The van der Waals surface area contributed by atoms with Crippen LogP contribution < -0.4 is 0 Å². The first kappa shape index (κ1) is 8.39. The second-order valence-electron chi connectivity index (χ2n) is 2.72. The molecule has 0 unspecified atom stereocenters. The van der Waals surface area contributed by atoms with Crippen LogP contribution in [0.2, 0.25) is 0 Å². The number of benzene rings is 1. The van der Waals surface area contributed by atoms with E-state index in [1.807, 2.05) is 42.5 Å². The Labute approximate surface area is 82.3 Å². The van der Waals surface area contributed by atoms with Crippen molar-refractivity contribution in [1.82, 2.24) is 0 Å². The molecule has 13 heavy (non-hydrogen) atoms. The molecule has 2 heteroatoms. The Hall–Kier alpha value is -1.21. The third kappa shape index (κ3) is 1.93. The van der Waals surface area contributed by atoms with Gasteiger partial charge in [0, 0.05) is 11.4 Å². The molecular formula is C11H9ClO. The van der Waals surface area contributed by atoms with E-state index in [9.17, 15) is 0 Å². The van der Waals surface area contributed by atoms with E-state index in [2.05, 4.69) is 0 Å². The molecule has 0 fully saturated rings. The lowest BCUT2D eigenvalue weighted by molar-refractivity contribution is 0.535. The van der Waals surface area contributed by atoms with E-state index in [4.69, 9.17) is 16.3 Å². The van der Waals surface area contributed by atoms with Gasteiger partial charge in [-0.2, -0.15) is 0 Å². The number of alkyl halides is 1. The van der Waals surface area contributed by atoms with Gasteiger partial charge in [-0.15, -0.1) is 11.6 Å². The number of hydrogen-bond acceptors (Lipinski definition) is 1. The van der Waals surface area contributed by atoms with Gasteiger partial charge in [0.25, 0.3) is 0 Å². The van der Waals surface area contributed by atoms with Crippen LogP contribution in [-0.2, 0) is 4.74 Å². The highest BCUT2D eigenvalue weighted by molar-refractivity contribution is 6.18. The molecule has 0 saturated heterocycles. The number of allylic oxidation sites excluding steroid dienone is 2. The molecule has 2 rings (SSSR count). The third-order valence-corrected chi connectivity index (χ3v) is 1.97. The van der Waals surface area contributed by atoms with Crippen LogP contribution in [0.15, 0.2) is 48.2 Å². The van der Waals surface area contributed by atoms with Crippen LogP contribution >= 0.6 is 11.6 Å². The van der Waals surface area contributed by atoms with Crippen molar-refractivity contribution < 1.29 is 4.74 Å². The molecule has 1 nitrogen and oxygen atoms in total. The third-order valence-electron chi connectivity index (χ3n) is 1.79. The van der Waals surface area contributed by atoms with E-state index in [1.165, 1.54) is 0 Å². The molecule has 66 valence electrons. The molecule has 1 aromatic carbocycles. The number of ether oxygens (including phenoxy) is 1. The quantitative estimate of drug-likeness (QED) is 0.671. The summed E-state index contributed by atoms with van der Waals surface area (Å²) in [5.41, 5.74) is 1.12. The van der Waals surface area contributed by atoms with Gasteiger partial charge in [0.2, 0.25) is 0 Å². The van der Waals surface area contributed by atoms with Crippen molar-refractivity contribution in [2.45, 2.75) is 0 Å². The summed E-state index contributed by atoms with van der Waals surface area (Å²) in [5, 5.41) is 0. The summed E-state index contributed by atoms with van der Waals surface area (Å²) in [4.78, 5) is 0. The van der Waals surface area contributed by atoms with Gasteiger partial charge in [-0.1, -0.05) is 36.4 Å². The highest BCUT2D eigenvalue weighted by Crippen LogP contribution is 2.36. The van der Waals surface area contributed by atoms with Crippen LogP contribution in [0, 0.1) is 0 Å². The van der Waals surface area contributed by atoms with Crippen molar-refractivity contribution in [3.8, 4) is 0 Å². The highest BCUT2D eigenvalue weighted by Gasteiger charge is 2.23. The largest absolute Gasteiger partial charge is 0.449 e. The SMILES string of the molecule is ClCC=CC1=C(c2ccccc2)O1. The van der Waals surface area contributed by atoms with E-state index >= 15 is 0 Å². The van der Waals surface area contributed by atoms with Crippen molar-refractivity contribution >= 4 is 17.4 Å². The van der Waals surface area contributed by atoms with Gasteiger partial charge in [-0.05, 0) is 6.08 Å². The average molecular weight is 193 g/mol. The zero-order chi connectivity index (χ0) is 9.10. The Morgan fingerprint density at radius 1 is 1.23 bits per heavy atom. The maximum absolute atomic E-state index is 5.50. The monoisotopic (exact) mass is 192 g/mol. The summed E-state index contributed by atoms with van der Waals surface area (Å²) in [6.45, 7) is 0. The Morgan fingerprint density at radius 2 is 2.00 bits per heavy atom. The lowest BCUT2D eigenvalue weighted by Crippen LogP contribution is -1.69. The molecule has 0 radical (unpaired) electrons. The second kappa shape index (κ2) is 3.67. The minimum Gasteiger partial charge on any atom is -0.449 e. The molecule has 1 heterocycles. The van der Waals surface area contributed by atoms with E-state index in [0.717, 1.165) is 17.1 Å². The van der Waals surface area contributed by atoms with Crippen molar-refractivity contribution in [1.29, 1.82) is 0 Å². The van der Waals surface area contributed by atoms with Gasteiger partial charge >= 0.3 is 0 Å². The van der Waals surface area contributed by atoms with Crippen molar-refractivity contribution in [2.24, 2.45) is 0 Å². The average Bonchev–Trinajstić information content (AvgIpc) is 2.95. The fourth-order valence-corrected chi connectivity index (χ4v) is 1.23. The molecule has 0 aromatic heterocycles. The maximum atomic E-state index is 5.50. The molecule has 0 aliphatic carbocycles. The van der Waals surface area contributed by atoms with Gasteiger partial charge in [0.15, 0.2) is 11.5 Å². The van der Waals surface area contributed by atoms with Gasteiger partial charge in [-0.25, -0.2) is 0 Å². The minimum atomic E-state index is 0.523. The zero-order valence-electron chi connectivity index (χ0n) is 7.03.